The molecule has 1 aromatic carbocycles. The minimum Gasteiger partial charge on any atom is -0.379 e. The third kappa shape index (κ3) is 2.74. The van der Waals surface area contributed by atoms with Crippen molar-refractivity contribution in [1.82, 2.24) is 10.4 Å². The van der Waals surface area contributed by atoms with Crippen LogP contribution in [0, 0.1) is 6.92 Å². The molecule has 0 bridgehead atoms. The Morgan fingerprint density at radius 2 is 2.00 bits per heavy atom. The average molecular weight is 246 g/mol. The molecule has 1 aromatic rings. The molecule has 1 N–H and O–H groups in total. The van der Waals surface area contributed by atoms with Gasteiger partial charge in [0, 0.05) is 19.1 Å². The molecule has 1 heterocycles. The fourth-order valence-electron chi connectivity index (χ4n) is 2.87. The maximum absolute atomic E-state index is 5.35. The van der Waals surface area contributed by atoms with Crippen LogP contribution in [0.1, 0.15) is 29.9 Å². The molecular formula is C15H22N2O. The zero-order valence-corrected chi connectivity index (χ0v) is 11.1. The highest BCUT2D eigenvalue weighted by Crippen LogP contribution is 2.37. The molecule has 1 aliphatic heterocycles. The Balaban J connectivity index is 1.48. The van der Waals surface area contributed by atoms with Gasteiger partial charge in [-0.25, -0.2) is 5.01 Å². The van der Waals surface area contributed by atoms with Gasteiger partial charge in [-0.3, -0.25) is 5.43 Å². The first-order chi connectivity index (χ1) is 8.81. The van der Waals surface area contributed by atoms with Gasteiger partial charge in [0.15, 0.2) is 0 Å². The average Bonchev–Trinajstić information content (AvgIpc) is 2.34. The summed E-state index contributed by atoms with van der Waals surface area (Å²) in [7, 11) is 0. The highest BCUT2D eigenvalue weighted by Gasteiger charge is 2.31. The Hall–Kier alpha value is -0.900. The van der Waals surface area contributed by atoms with E-state index < -0.39 is 0 Å². The van der Waals surface area contributed by atoms with E-state index >= 15 is 0 Å². The van der Waals surface area contributed by atoms with Crippen LogP contribution >= 0.6 is 0 Å². The molecule has 98 valence electrons. The number of benzene rings is 1. The van der Waals surface area contributed by atoms with Crippen LogP contribution in [0.5, 0.6) is 0 Å². The van der Waals surface area contributed by atoms with E-state index in [4.69, 9.17) is 4.74 Å². The van der Waals surface area contributed by atoms with E-state index in [2.05, 4.69) is 41.6 Å². The minimum absolute atomic E-state index is 0.661. The van der Waals surface area contributed by atoms with Crippen LogP contribution in [0.15, 0.2) is 24.3 Å². The number of nitrogens with one attached hydrogen (secondary N) is 1. The lowest BCUT2D eigenvalue weighted by Crippen LogP contribution is -2.53. The van der Waals surface area contributed by atoms with E-state index in [0.717, 1.165) is 32.2 Å². The highest BCUT2D eigenvalue weighted by molar-refractivity contribution is 5.27. The van der Waals surface area contributed by atoms with Crippen LogP contribution in [-0.4, -0.2) is 37.4 Å². The van der Waals surface area contributed by atoms with E-state index in [0.29, 0.717) is 6.04 Å². The first kappa shape index (κ1) is 12.2. The molecular weight excluding hydrogens is 224 g/mol. The molecule has 18 heavy (non-hydrogen) atoms. The zero-order valence-electron chi connectivity index (χ0n) is 11.1. The maximum atomic E-state index is 5.35. The quantitative estimate of drug-likeness (QED) is 0.883. The minimum atomic E-state index is 0.661. The van der Waals surface area contributed by atoms with Crippen molar-refractivity contribution in [2.24, 2.45) is 0 Å². The second-order valence-electron chi connectivity index (χ2n) is 5.51. The van der Waals surface area contributed by atoms with Crippen molar-refractivity contribution in [3.63, 3.8) is 0 Å². The summed E-state index contributed by atoms with van der Waals surface area (Å²) in [4.78, 5) is 0. The molecule has 0 aromatic heterocycles. The fraction of sp³-hybridized carbons (Fsp3) is 0.600. The molecule has 1 aliphatic carbocycles. The van der Waals surface area contributed by atoms with Crippen molar-refractivity contribution in [2.45, 2.75) is 31.7 Å². The number of nitrogens with zero attached hydrogens (tertiary/aromatic N) is 1. The van der Waals surface area contributed by atoms with Gasteiger partial charge >= 0.3 is 0 Å². The van der Waals surface area contributed by atoms with Crippen LogP contribution in [0.2, 0.25) is 0 Å². The van der Waals surface area contributed by atoms with Gasteiger partial charge < -0.3 is 4.74 Å². The smallest absolute Gasteiger partial charge is 0.0608 e. The van der Waals surface area contributed by atoms with Crippen molar-refractivity contribution in [3.8, 4) is 0 Å². The van der Waals surface area contributed by atoms with Gasteiger partial charge in [0.2, 0.25) is 0 Å². The molecule has 2 aliphatic rings. The molecule has 0 radical (unpaired) electrons. The third-order valence-corrected chi connectivity index (χ3v) is 4.03. The number of hydrazine groups is 1. The van der Waals surface area contributed by atoms with Crippen molar-refractivity contribution < 1.29 is 4.74 Å². The van der Waals surface area contributed by atoms with Gasteiger partial charge in [-0.05, 0) is 31.2 Å². The molecule has 0 atom stereocenters. The Morgan fingerprint density at radius 3 is 2.72 bits per heavy atom. The summed E-state index contributed by atoms with van der Waals surface area (Å²) in [6.07, 6.45) is 2.53. The first-order valence-electron chi connectivity index (χ1n) is 6.97. The number of ether oxygens (including phenoxy) is 1. The van der Waals surface area contributed by atoms with E-state index in [9.17, 15) is 0 Å². The summed E-state index contributed by atoms with van der Waals surface area (Å²) in [5.74, 6) is 0.753. The number of hydrogen-bond donors (Lipinski definition) is 1. The SMILES string of the molecule is Cc1cccc(C2CC(NN3CCOCC3)C2)c1. The molecule has 1 saturated heterocycles. The molecule has 1 saturated carbocycles. The van der Waals surface area contributed by atoms with Gasteiger partial charge in [0.25, 0.3) is 0 Å². The van der Waals surface area contributed by atoms with Gasteiger partial charge in [-0.15, -0.1) is 0 Å². The lowest BCUT2D eigenvalue weighted by atomic mass is 9.76. The lowest BCUT2D eigenvalue weighted by Gasteiger charge is -2.40. The Morgan fingerprint density at radius 1 is 1.22 bits per heavy atom. The zero-order chi connectivity index (χ0) is 12.4. The molecule has 3 heteroatoms. The number of morpholine rings is 1. The van der Waals surface area contributed by atoms with E-state index in [1.54, 1.807) is 0 Å². The third-order valence-electron chi connectivity index (χ3n) is 4.03. The summed E-state index contributed by atoms with van der Waals surface area (Å²) < 4.78 is 5.35. The van der Waals surface area contributed by atoms with Gasteiger partial charge in [-0.1, -0.05) is 29.8 Å². The molecule has 3 nitrogen and oxygen atoms in total. The summed E-state index contributed by atoms with van der Waals surface area (Å²) in [6, 6.07) is 9.60. The summed E-state index contributed by atoms with van der Waals surface area (Å²) in [5, 5.41) is 2.32. The van der Waals surface area contributed by atoms with Crippen LogP contribution in [-0.2, 0) is 4.74 Å². The van der Waals surface area contributed by atoms with Gasteiger partial charge in [-0.2, -0.15) is 0 Å². The van der Waals surface area contributed by atoms with Gasteiger partial charge in [0.05, 0.1) is 13.2 Å². The fourth-order valence-corrected chi connectivity index (χ4v) is 2.87. The second-order valence-corrected chi connectivity index (χ2v) is 5.51. The molecule has 2 fully saturated rings. The van der Waals surface area contributed by atoms with Crippen LogP contribution in [0.3, 0.4) is 0 Å². The monoisotopic (exact) mass is 246 g/mol. The summed E-state index contributed by atoms with van der Waals surface area (Å²) in [6.45, 7) is 5.94. The number of rotatable bonds is 3. The van der Waals surface area contributed by atoms with E-state index in [1.807, 2.05) is 0 Å². The first-order valence-corrected chi connectivity index (χ1v) is 6.97. The normalized spacial score (nSPS) is 28.9. The van der Waals surface area contributed by atoms with Crippen LogP contribution in [0.4, 0.5) is 0 Å². The predicted octanol–water partition coefficient (Wildman–Crippen LogP) is 2.08. The molecule has 3 rings (SSSR count). The van der Waals surface area contributed by atoms with E-state index in [-0.39, 0.29) is 0 Å². The van der Waals surface area contributed by atoms with Gasteiger partial charge in [0.1, 0.15) is 0 Å². The Labute approximate surface area is 109 Å². The number of hydrogen-bond acceptors (Lipinski definition) is 3. The van der Waals surface area contributed by atoms with Crippen LogP contribution in [0.25, 0.3) is 0 Å². The Kier molecular flexibility index (Phi) is 3.64. The van der Waals surface area contributed by atoms with Crippen LogP contribution < -0.4 is 5.43 Å². The summed E-state index contributed by atoms with van der Waals surface area (Å²) in [5.41, 5.74) is 6.50. The van der Waals surface area contributed by atoms with Crippen molar-refractivity contribution in [1.29, 1.82) is 0 Å². The second kappa shape index (κ2) is 5.39. The number of aryl methyl sites for hydroxylation is 1. The topological polar surface area (TPSA) is 24.5 Å². The molecule has 0 unspecified atom stereocenters. The van der Waals surface area contributed by atoms with Crippen molar-refractivity contribution in [3.05, 3.63) is 35.4 Å². The molecule has 0 spiro atoms. The lowest BCUT2D eigenvalue weighted by molar-refractivity contribution is -0.00620. The van der Waals surface area contributed by atoms with Crippen molar-refractivity contribution in [2.75, 3.05) is 26.3 Å². The maximum Gasteiger partial charge on any atom is 0.0608 e. The molecule has 0 amide bonds. The Bertz CT molecular complexity index is 395. The van der Waals surface area contributed by atoms with E-state index in [1.165, 1.54) is 24.0 Å². The standard InChI is InChI=1S/C15H22N2O/c1-12-3-2-4-13(9-12)14-10-15(11-14)16-17-5-7-18-8-6-17/h2-4,9,14-16H,5-8,10-11H2,1H3. The predicted molar refractivity (Wildman–Crippen MR) is 72.5 cm³/mol. The summed E-state index contributed by atoms with van der Waals surface area (Å²) >= 11 is 0. The largest absolute Gasteiger partial charge is 0.379 e. The highest BCUT2D eigenvalue weighted by atomic mass is 16.5. The van der Waals surface area contributed by atoms with Crippen molar-refractivity contribution >= 4 is 0 Å².